The van der Waals surface area contributed by atoms with Gasteiger partial charge in [0, 0.05) is 30.6 Å². The maximum absolute atomic E-state index is 10.8. The molecule has 0 saturated carbocycles. The first-order valence-corrected chi connectivity index (χ1v) is 8.98. The summed E-state index contributed by atoms with van der Waals surface area (Å²) in [6, 6.07) is 0. The molecule has 0 aliphatic carbocycles. The van der Waals surface area contributed by atoms with E-state index in [-0.39, 0.29) is 0 Å². The normalized spacial score (nSPS) is 18.5. The molecule has 0 aromatic carbocycles. The van der Waals surface area contributed by atoms with E-state index in [1.54, 1.807) is 18.4 Å². The summed E-state index contributed by atoms with van der Waals surface area (Å²) in [6.07, 6.45) is 2.19. The molecule has 22 heavy (non-hydrogen) atoms. The van der Waals surface area contributed by atoms with Gasteiger partial charge in [-0.1, -0.05) is 11.3 Å². The molecule has 3 rings (SSSR count). The third-order valence-corrected chi connectivity index (χ3v) is 5.75. The van der Waals surface area contributed by atoms with Crippen LogP contribution in [0.2, 0.25) is 0 Å². The van der Waals surface area contributed by atoms with E-state index < -0.39 is 5.60 Å². The van der Waals surface area contributed by atoms with Gasteiger partial charge in [0.2, 0.25) is 0 Å². The van der Waals surface area contributed by atoms with Gasteiger partial charge in [0.1, 0.15) is 5.01 Å². The summed E-state index contributed by atoms with van der Waals surface area (Å²) < 4.78 is 5.07. The molecule has 120 valence electrons. The second-order valence-corrected chi connectivity index (χ2v) is 7.69. The van der Waals surface area contributed by atoms with Crippen LogP contribution in [-0.4, -0.2) is 51.0 Å². The van der Waals surface area contributed by atoms with Gasteiger partial charge >= 0.3 is 0 Å². The Morgan fingerprint density at radius 2 is 2.09 bits per heavy atom. The lowest BCUT2D eigenvalue weighted by molar-refractivity contribution is -0.0225. The molecule has 1 fully saturated rings. The van der Waals surface area contributed by atoms with E-state index in [0.717, 1.165) is 48.2 Å². The Morgan fingerprint density at radius 3 is 2.68 bits per heavy atom. The lowest BCUT2D eigenvalue weighted by Crippen LogP contribution is -2.45. The van der Waals surface area contributed by atoms with Crippen molar-refractivity contribution in [3.8, 4) is 5.19 Å². The molecule has 3 heterocycles. The van der Waals surface area contributed by atoms with Gasteiger partial charge < -0.3 is 9.84 Å². The first kappa shape index (κ1) is 15.8. The molecule has 0 unspecified atom stereocenters. The van der Waals surface area contributed by atoms with Crippen LogP contribution in [0.15, 0.2) is 5.38 Å². The van der Waals surface area contributed by atoms with Crippen LogP contribution < -0.4 is 4.74 Å². The summed E-state index contributed by atoms with van der Waals surface area (Å²) in [5.41, 5.74) is 0.408. The van der Waals surface area contributed by atoms with Crippen molar-refractivity contribution in [2.45, 2.75) is 38.3 Å². The Kier molecular flexibility index (Phi) is 4.72. The minimum atomic E-state index is -0.625. The Labute approximate surface area is 137 Å². The standard InChI is InChI=1S/C14H20N4O2S2/c1-10-9-21-11(15-10)7-14(19)3-5-18(6-4-14)8-12-16-17-13(20-2)22-12/h9,19H,3-8H2,1-2H3. The number of aromatic nitrogens is 3. The van der Waals surface area contributed by atoms with Crippen molar-refractivity contribution in [1.82, 2.24) is 20.1 Å². The number of methoxy groups -OCH3 is 1. The Morgan fingerprint density at radius 1 is 1.32 bits per heavy atom. The predicted octanol–water partition coefficient (Wildman–Crippen LogP) is 1.88. The fourth-order valence-electron chi connectivity index (χ4n) is 2.65. The highest BCUT2D eigenvalue weighted by atomic mass is 32.1. The lowest BCUT2D eigenvalue weighted by Gasteiger charge is -2.37. The predicted molar refractivity (Wildman–Crippen MR) is 86.5 cm³/mol. The molecule has 0 radical (unpaired) electrons. The van der Waals surface area contributed by atoms with E-state index in [0.29, 0.717) is 11.6 Å². The molecule has 8 heteroatoms. The van der Waals surface area contributed by atoms with Crippen molar-refractivity contribution in [2.24, 2.45) is 0 Å². The topological polar surface area (TPSA) is 71.4 Å². The summed E-state index contributed by atoms with van der Waals surface area (Å²) in [7, 11) is 1.60. The number of ether oxygens (including phenoxy) is 1. The summed E-state index contributed by atoms with van der Waals surface area (Å²) in [5, 5.41) is 23.4. The maximum atomic E-state index is 10.8. The number of thiazole rings is 1. The maximum Gasteiger partial charge on any atom is 0.293 e. The van der Waals surface area contributed by atoms with E-state index in [1.165, 1.54) is 11.3 Å². The van der Waals surface area contributed by atoms with Crippen LogP contribution in [0.25, 0.3) is 0 Å². The van der Waals surface area contributed by atoms with Crippen LogP contribution in [0.3, 0.4) is 0 Å². The molecular formula is C14H20N4O2S2. The molecule has 0 bridgehead atoms. The molecule has 0 atom stereocenters. The number of piperidine rings is 1. The second kappa shape index (κ2) is 6.57. The van der Waals surface area contributed by atoms with E-state index >= 15 is 0 Å². The van der Waals surface area contributed by atoms with Crippen LogP contribution >= 0.6 is 22.7 Å². The summed E-state index contributed by atoms with van der Waals surface area (Å²) in [5.74, 6) is 0. The molecule has 0 spiro atoms. The molecule has 2 aromatic rings. The highest BCUT2D eigenvalue weighted by Crippen LogP contribution is 2.29. The van der Waals surface area contributed by atoms with Gasteiger partial charge in [-0.05, 0) is 19.8 Å². The van der Waals surface area contributed by atoms with Gasteiger partial charge in [-0.2, -0.15) is 0 Å². The molecule has 0 amide bonds. The molecule has 1 N–H and O–H groups in total. The van der Waals surface area contributed by atoms with Gasteiger partial charge in [0.25, 0.3) is 5.19 Å². The number of rotatable bonds is 5. The quantitative estimate of drug-likeness (QED) is 0.896. The number of aliphatic hydroxyl groups is 1. The van der Waals surface area contributed by atoms with Crippen LogP contribution in [-0.2, 0) is 13.0 Å². The zero-order valence-electron chi connectivity index (χ0n) is 12.8. The smallest absolute Gasteiger partial charge is 0.293 e. The summed E-state index contributed by atoms with van der Waals surface area (Å²) in [4.78, 5) is 6.77. The monoisotopic (exact) mass is 340 g/mol. The fourth-order valence-corrected chi connectivity index (χ4v) is 4.25. The van der Waals surface area contributed by atoms with Gasteiger partial charge in [-0.3, -0.25) is 4.90 Å². The van der Waals surface area contributed by atoms with Crippen molar-refractivity contribution in [3.63, 3.8) is 0 Å². The van der Waals surface area contributed by atoms with Crippen molar-refractivity contribution in [1.29, 1.82) is 0 Å². The largest absolute Gasteiger partial charge is 0.472 e. The zero-order chi connectivity index (χ0) is 15.6. The van der Waals surface area contributed by atoms with Crippen LogP contribution in [0, 0.1) is 6.92 Å². The van der Waals surface area contributed by atoms with Crippen molar-refractivity contribution < 1.29 is 9.84 Å². The van der Waals surface area contributed by atoms with Crippen molar-refractivity contribution >= 4 is 22.7 Å². The van der Waals surface area contributed by atoms with Crippen molar-refractivity contribution in [3.05, 3.63) is 21.1 Å². The van der Waals surface area contributed by atoms with Crippen molar-refractivity contribution in [2.75, 3.05) is 20.2 Å². The Balaban J connectivity index is 1.52. The van der Waals surface area contributed by atoms with Gasteiger partial charge in [-0.15, -0.1) is 21.5 Å². The van der Waals surface area contributed by atoms with E-state index in [4.69, 9.17) is 4.74 Å². The minimum absolute atomic E-state index is 0.600. The second-order valence-electron chi connectivity index (χ2n) is 5.73. The molecule has 1 aliphatic rings. The van der Waals surface area contributed by atoms with E-state index in [9.17, 15) is 5.11 Å². The molecule has 2 aromatic heterocycles. The minimum Gasteiger partial charge on any atom is -0.472 e. The van der Waals surface area contributed by atoms with E-state index in [2.05, 4.69) is 20.1 Å². The summed E-state index contributed by atoms with van der Waals surface area (Å²) >= 11 is 3.11. The SMILES string of the molecule is COc1nnc(CN2CCC(O)(Cc3nc(C)cs3)CC2)s1. The molecule has 6 nitrogen and oxygen atoms in total. The van der Waals surface area contributed by atoms with Crippen LogP contribution in [0.4, 0.5) is 0 Å². The van der Waals surface area contributed by atoms with E-state index in [1.807, 2.05) is 12.3 Å². The third-order valence-electron chi connectivity index (χ3n) is 3.92. The first-order valence-electron chi connectivity index (χ1n) is 7.28. The average molecular weight is 340 g/mol. The average Bonchev–Trinajstić information content (AvgIpc) is 3.10. The van der Waals surface area contributed by atoms with Gasteiger partial charge in [0.15, 0.2) is 0 Å². The fraction of sp³-hybridized carbons (Fsp3) is 0.643. The number of hydrogen-bond acceptors (Lipinski definition) is 8. The van der Waals surface area contributed by atoms with Gasteiger partial charge in [-0.25, -0.2) is 4.98 Å². The number of aryl methyl sites for hydroxylation is 1. The Hall–Kier alpha value is -1.09. The zero-order valence-corrected chi connectivity index (χ0v) is 14.4. The number of likely N-dealkylation sites (tertiary alicyclic amines) is 1. The Bertz CT molecular complexity index is 620. The highest BCUT2D eigenvalue weighted by molar-refractivity contribution is 7.13. The lowest BCUT2D eigenvalue weighted by atomic mass is 9.88. The highest BCUT2D eigenvalue weighted by Gasteiger charge is 2.33. The molecule has 1 aliphatic heterocycles. The third kappa shape index (κ3) is 3.81. The number of hydrogen-bond donors (Lipinski definition) is 1. The van der Waals surface area contributed by atoms with Gasteiger partial charge in [0.05, 0.1) is 24.3 Å². The first-order chi connectivity index (χ1) is 10.6. The number of nitrogens with zero attached hydrogens (tertiary/aromatic N) is 4. The van der Waals surface area contributed by atoms with Crippen LogP contribution in [0.1, 0.15) is 28.6 Å². The molecule has 1 saturated heterocycles. The molecular weight excluding hydrogens is 320 g/mol. The van der Waals surface area contributed by atoms with Crippen LogP contribution in [0.5, 0.6) is 5.19 Å². The summed E-state index contributed by atoms with van der Waals surface area (Å²) in [6.45, 7) is 4.49.